The standard InChI is InChI=1S/C19H18F3N3O2S/c1-23-28(26,27)17-9-15(17)16-8-12(7-13-10-25(2)24-18(13)16)11-3-5-14(6-4-11)19(20,21)22/h3-8,10,15,17,23H,9H2,1-2H3/t15-,17?/m0/s1. The molecule has 1 saturated carbocycles. The van der Waals surface area contributed by atoms with Gasteiger partial charge in [-0.05, 0) is 54.4 Å². The van der Waals surface area contributed by atoms with Gasteiger partial charge in [-0.25, -0.2) is 13.1 Å². The molecule has 9 heteroatoms. The highest BCUT2D eigenvalue weighted by Crippen LogP contribution is 2.48. The topological polar surface area (TPSA) is 64.0 Å². The fourth-order valence-corrected chi connectivity index (χ4v) is 4.92. The summed E-state index contributed by atoms with van der Waals surface area (Å²) in [5.74, 6) is -0.191. The summed E-state index contributed by atoms with van der Waals surface area (Å²) in [6.45, 7) is 0. The third-order valence-corrected chi connectivity index (χ3v) is 7.00. The second kappa shape index (κ2) is 6.31. The molecular weight excluding hydrogens is 391 g/mol. The first-order valence-corrected chi connectivity index (χ1v) is 10.2. The van der Waals surface area contributed by atoms with Gasteiger partial charge in [0.1, 0.15) is 0 Å². The molecule has 0 radical (unpaired) electrons. The Labute approximate surface area is 160 Å². The molecule has 2 aromatic carbocycles. The van der Waals surface area contributed by atoms with Gasteiger partial charge in [-0.2, -0.15) is 18.3 Å². The number of alkyl halides is 3. The SMILES string of the molecule is CNS(=O)(=O)C1C[C@H]1c1cc(-c2ccc(C(F)(F)F)cc2)cc2cn(C)nc12. The minimum atomic E-state index is -4.39. The van der Waals surface area contributed by atoms with Gasteiger partial charge in [0, 0.05) is 24.5 Å². The van der Waals surface area contributed by atoms with Crippen molar-refractivity contribution < 1.29 is 21.6 Å². The monoisotopic (exact) mass is 409 g/mol. The molecule has 0 amide bonds. The van der Waals surface area contributed by atoms with Gasteiger partial charge >= 0.3 is 6.18 Å². The summed E-state index contributed by atoms with van der Waals surface area (Å²) in [6.07, 6.45) is -2.08. The second-order valence-electron chi connectivity index (χ2n) is 7.01. The number of nitrogens with one attached hydrogen (secondary N) is 1. The first kappa shape index (κ1) is 18.9. The van der Waals surface area contributed by atoms with Crippen molar-refractivity contribution in [1.29, 1.82) is 0 Å². The van der Waals surface area contributed by atoms with E-state index in [2.05, 4.69) is 9.82 Å². The minimum Gasteiger partial charge on any atom is -0.275 e. The molecule has 0 spiro atoms. The first-order chi connectivity index (χ1) is 13.1. The van der Waals surface area contributed by atoms with Gasteiger partial charge in [0.05, 0.1) is 16.3 Å². The van der Waals surface area contributed by atoms with Gasteiger partial charge in [0.15, 0.2) is 0 Å². The van der Waals surface area contributed by atoms with E-state index in [4.69, 9.17) is 0 Å². The van der Waals surface area contributed by atoms with Crippen LogP contribution < -0.4 is 4.72 Å². The summed E-state index contributed by atoms with van der Waals surface area (Å²) in [4.78, 5) is 0. The van der Waals surface area contributed by atoms with Crippen LogP contribution in [0, 0.1) is 0 Å². The van der Waals surface area contributed by atoms with E-state index in [-0.39, 0.29) is 5.92 Å². The van der Waals surface area contributed by atoms with Crippen LogP contribution in [0.25, 0.3) is 22.0 Å². The number of halogens is 3. The summed E-state index contributed by atoms with van der Waals surface area (Å²) < 4.78 is 66.7. The highest BCUT2D eigenvalue weighted by Gasteiger charge is 2.48. The molecule has 1 aliphatic rings. The maximum Gasteiger partial charge on any atom is 0.416 e. The zero-order valence-corrected chi connectivity index (χ0v) is 16.0. The zero-order chi connectivity index (χ0) is 20.3. The molecule has 0 saturated heterocycles. The third kappa shape index (κ3) is 3.29. The maximum atomic E-state index is 12.8. The van der Waals surface area contributed by atoms with E-state index < -0.39 is 27.0 Å². The van der Waals surface area contributed by atoms with Crippen molar-refractivity contribution in [1.82, 2.24) is 14.5 Å². The Morgan fingerprint density at radius 2 is 1.82 bits per heavy atom. The molecule has 1 heterocycles. The second-order valence-corrected chi connectivity index (χ2v) is 9.11. The van der Waals surface area contributed by atoms with Crippen molar-refractivity contribution in [2.45, 2.75) is 23.8 Å². The molecule has 0 bridgehead atoms. The predicted octanol–water partition coefficient (Wildman–Crippen LogP) is 3.66. The van der Waals surface area contributed by atoms with Crippen molar-refractivity contribution in [2.75, 3.05) is 7.05 Å². The molecule has 2 atom stereocenters. The van der Waals surface area contributed by atoms with Crippen LogP contribution in [0.2, 0.25) is 0 Å². The normalized spacial score (nSPS) is 19.9. The molecular formula is C19H18F3N3O2S. The maximum absolute atomic E-state index is 12.8. The van der Waals surface area contributed by atoms with E-state index in [1.165, 1.54) is 19.2 Å². The van der Waals surface area contributed by atoms with Crippen LogP contribution in [0.5, 0.6) is 0 Å². The Kier molecular flexibility index (Phi) is 4.27. The molecule has 4 rings (SSSR count). The Hall–Kier alpha value is -2.39. The van der Waals surface area contributed by atoms with Gasteiger partial charge in [-0.1, -0.05) is 12.1 Å². The van der Waals surface area contributed by atoms with Crippen LogP contribution in [0.4, 0.5) is 13.2 Å². The number of fused-ring (bicyclic) bond motifs is 1. The molecule has 0 aliphatic heterocycles. The average molecular weight is 409 g/mol. The Bertz CT molecular complexity index is 1150. The number of benzene rings is 2. The molecule has 3 aromatic rings. The summed E-state index contributed by atoms with van der Waals surface area (Å²) in [5.41, 5.74) is 2.18. The van der Waals surface area contributed by atoms with E-state index in [9.17, 15) is 21.6 Å². The van der Waals surface area contributed by atoms with Crippen molar-refractivity contribution >= 4 is 20.9 Å². The molecule has 28 heavy (non-hydrogen) atoms. The van der Waals surface area contributed by atoms with E-state index in [0.717, 1.165) is 34.2 Å². The Morgan fingerprint density at radius 1 is 1.14 bits per heavy atom. The Morgan fingerprint density at radius 3 is 2.43 bits per heavy atom. The van der Waals surface area contributed by atoms with E-state index in [0.29, 0.717) is 12.0 Å². The number of aromatic nitrogens is 2. The van der Waals surface area contributed by atoms with Crippen molar-refractivity contribution in [2.24, 2.45) is 7.05 Å². The van der Waals surface area contributed by atoms with E-state index in [1.807, 2.05) is 18.3 Å². The van der Waals surface area contributed by atoms with Crippen LogP contribution in [-0.2, 0) is 23.2 Å². The number of hydrogen-bond acceptors (Lipinski definition) is 3. The third-order valence-electron chi connectivity index (χ3n) is 5.11. The van der Waals surface area contributed by atoms with Crippen LogP contribution in [0.3, 0.4) is 0 Å². The van der Waals surface area contributed by atoms with Crippen molar-refractivity contribution in [3.05, 3.63) is 53.7 Å². The van der Waals surface area contributed by atoms with Crippen molar-refractivity contribution in [3.8, 4) is 11.1 Å². The van der Waals surface area contributed by atoms with Crippen LogP contribution >= 0.6 is 0 Å². The number of hydrogen-bond donors (Lipinski definition) is 1. The summed E-state index contributed by atoms with van der Waals surface area (Å²) >= 11 is 0. The lowest BCUT2D eigenvalue weighted by molar-refractivity contribution is -0.137. The molecule has 5 nitrogen and oxygen atoms in total. The smallest absolute Gasteiger partial charge is 0.275 e. The summed E-state index contributed by atoms with van der Waals surface area (Å²) in [7, 11) is -0.231. The molecule has 1 aromatic heterocycles. The molecule has 1 unspecified atom stereocenters. The largest absolute Gasteiger partial charge is 0.416 e. The lowest BCUT2D eigenvalue weighted by Crippen LogP contribution is -2.23. The Balaban J connectivity index is 1.79. The highest BCUT2D eigenvalue weighted by molar-refractivity contribution is 7.90. The van der Waals surface area contributed by atoms with Gasteiger partial charge in [-0.3, -0.25) is 4.68 Å². The highest BCUT2D eigenvalue weighted by atomic mass is 32.2. The number of rotatable bonds is 4. The summed E-state index contributed by atoms with van der Waals surface area (Å²) in [5, 5.41) is 4.75. The zero-order valence-electron chi connectivity index (χ0n) is 15.2. The van der Waals surface area contributed by atoms with Crippen LogP contribution in [0.15, 0.2) is 42.6 Å². The quantitative estimate of drug-likeness (QED) is 0.715. The fraction of sp³-hybridized carbons (Fsp3) is 0.316. The van der Waals surface area contributed by atoms with Gasteiger partial charge < -0.3 is 0 Å². The minimum absolute atomic E-state index is 0.191. The number of nitrogens with zero attached hydrogens (tertiary/aromatic N) is 2. The van der Waals surface area contributed by atoms with Crippen LogP contribution in [-0.4, -0.2) is 30.5 Å². The molecule has 1 aliphatic carbocycles. The molecule has 1 N–H and O–H groups in total. The fourth-order valence-electron chi connectivity index (χ4n) is 3.58. The first-order valence-electron chi connectivity index (χ1n) is 8.67. The van der Waals surface area contributed by atoms with Gasteiger partial charge in [0.2, 0.25) is 10.0 Å². The number of sulfonamides is 1. The summed E-state index contributed by atoms with van der Waals surface area (Å²) in [6, 6.07) is 8.66. The number of aryl methyl sites for hydroxylation is 1. The van der Waals surface area contributed by atoms with E-state index in [1.54, 1.807) is 11.7 Å². The lowest BCUT2D eigenvalue weighted by atomic mass is 9.97. The predicted molar refractivity (Wildman–Crippen MR) is 100 cm³/mol. The lowest BCUT2D eigenvalue weighted by Gasteiger charge is -2.10. The van der Waals surface area contributed by atoms with Gasteiger partial charge in [0.25, 0.3) is 0 Å². The van der Waals surface area contributed by atoms with Gasteiger partial charge in [-0.15, -0.1) is 0 Å². The molecule has 148 valence electrons. The van der Waals surface area contributed by atoms with E-state index >= 15 is 0 Å². The van der Waals surface area contributed by atoms with Crippen LogP contribution in [0.1, 0.15) is 23.5 Å². The molecule has 1 fully saturated rings. The van der Waals surface area contributed by atoms with Crippen molar-refractivity contribution in [3.63, 3.8) is 0 Å². The average Bonchev–Trinajstić information content (AvgIpc) is 3.36.